The number of aryl methyl sites for hydroxylation is 1. The fourth-order valence-corrected chi connectivity index (χ4v) is 3.31. The molecule has 2 heterocycles. The molecule has 106 valence electrons. The lowest BCUT2D eigenvalue weighted by Gasteiger charge is -2.29. The number of likely N-dealkylation sites (N-methyl/N-ethyl adjacent to an activating group) is 1. The molecule has 0 spiro atoms. The van der Waals surface area contributed by atoms with Crippen molar-refractivity contribution >= 4 is 27.7 Å². The van der Waals surface area contributed by atoms with Crippen LogP contribution in [0, 0.1) is 0 Å². The van der Waals surface area contributed by atoms with E-state index in [0.717, 1.165) is 25.9 Å². The van der Waals surface area contributed by atoms with Crippen LogP contribution >= 0.6 is 15.9 Å². The standard InChI is InChI=1S/C12H19BrN4O2/c1-15(2)7-8-5-4-6-17(8)11-9(12(18)19)10(13)14-16(11)3/h8H,4-7H2,1-3H3,(H,18,19). The molecule has 1 atom stereocenters. The maximum atomic E-state index is 11.4. The summed E-state index contributed by atoms with van der Waals surface area (Å²) >= 11 is 3.24. The van der Waals surface area contributed by atoms with Crippen LogP contribution in [0.25, 0.3) is 0 Å². The Labute approximate surface area is 121 Å². The quantitative estimate of drug-likeness (QED) is 0.904. The Morgan fingerprint density at radius 2 is 2.26 bits per heavy atom. The van der Waals surface area contributed by atoms with E-state index >= 15 is 0 Å². The van der Waals surface area contributed by atoms with Crippen LogP contribution in [0.5, 0.6) is 0 Å². The molecule has 1 saturated heterocycles. The van der Waals surface area contributed by atoms with Gasteiger partial charge in [0.1, 0.15) is 16.0 Å². The number of nitrogens with zero attached hydrogens (tertiary/aromatic N) is 4. The second-order valence-corrected chi connectivity index (χ2v) is 5.92. The first-order chi connectivity index (χ1) is 8.91. The third kappa shape index (κ3) is 2.76. The van der Waals surface area contributed by atoms with Gasteiger partial charge in [0.25, 0.3) is 0 Å². The molecule has 6 nitrogen and oxygen atoms in total. The molecule has 1 aromatic rings. The smallest absolute Gasteiger partial charge is 0.342 e. The van der Waals surface area contributed by atoms with Gasteiger partial charge in [0.2, 0.25) is 0 Å². The molecule has 1 N–H and O–H groups in total. The number of carboxylic acid groups (broad SMARTS) is 1. The third-order valence-electron chi connectivity index (χ3n) is 3.41. The summed E-state index contributed by atoms with van der Waals surface area (Å²) < 4.78 is 2.05. The summed E-state index contributed by atoms with van der Waals surface area (Å²) in [6.07, 6.45) is 2.17. The largest absolute Gasteiger partial charge is 0.477 e. The number of anilines is 1. The van der Waals surface area contributed by atoms with E-state index in [4.69, 9.17) is 0 Å². The van der Waals surface area contributed by atoms with Crippen molar-refractivity contribution in [2.75, 3.05) is 32.1 Å². The van der Waals surface area contributed by atoms with E-state index in [2.05, 4.69) is 30.8 Å². The highest BCUT2D eigenvalue weighted by molar-refractivity contribution is 9.10. The maximum absolute atomic E-state index is 11.4. The Morgan fingerprint density at radius 1 is 1.58 bits per heavy atom. The number of hydrogen-bond acceptors (Lipinski definition) is 4. The Bertz CT molecular complexity index is 486. The highest BCUT2D eigenvalue weighted by atomic mass is 79.9. The van der Waals surface area contributed by atoms with Gasteiger partial charge < -0.3 is 14.9 Å². The zero-order valence-electron chi connectivity index (χ0n) is 11.4. The van der Waals surface area contributed by atoms with Crippen LogP contribution < -0.4 is 4.90 Å². The minimum atomic E-state index is -0.939. The fourth-order valence-electron chi connectivity index (χ4n) is 2.72. The molecule has 1 fully saturated rings. The van der Waals surface area contributed by atoms with E-state index in [0.29, 0.717) is 16.5 Å². The number of halogens is 1. The molecule has 0 aromatic carbocycles. The van der Waals surface area contributed by atoms with Crippen molar-refractivity contribution in [3.8, 4) is 0 Å². The van der Waals surface area contributed by atoms with Crippen LogP contribution in [0.15, 0.2) is 4.60 Å². The zero-order chi connectivity index (χ0) is 14.2. The van der Waals surface area contributed by atoms with Gasteiger partial charge in [0, 0.05) is 26.2 Å². The minimum absolute atomic E-state index is 0.258. The molecular formula is C12H19BrN4O2. The SMILES string of the molecule is CN(C)CC1CCCN1c1c(C(=O)O)c(Br)nn1C. The van der Waals surface area contributed by atoms with Gasteiger partial charge in [0.05, 0.1) is 0 Å². The topological polar surface area (TPSA) is 61.6 Å². The van der Waals surface area contributed by atoms with Crippen LogP contribution in [0.4, 0.5) is 5.82 Å². The number of carboxylic acids is 1. The first kappa shape index (κ1) is 14.3. The number of aromatic nitrogens is 2. The second-order valence-electron chi connectivity index (χ2n) is 5.17. The first-order valence-corrected chi connectivity index (χ1v) is 7.08. The van der Waals surface area contributed by atoms with Crippen molar-refractivity contribution in [3.63, 3.8) is 0 Å². The van der Waals surface area contributed by atoms with Crippen molar-refractivity contribution in [3.05, 3.63) is 10.2 Å². The average molecular weight is 331 g/mol. The molecule has 0 saturated carbocycles. The van der Waals surface area contributed by atoms with Gasteiger partial charge in [-0.15, -0.1) is 0 Å². The molecule has 0 bridgehead atoms. The maximum Gasteiger partial charge on any atom is 0.342 e. The van der Waals surface area contributed by atoms with Crippen molar-refractivity contribution in [1.82, 2.24) is 14.7 Å². The summed E-state index contributed by atoms with van der Waals surface area (Å²) in [5.74, 6) is -0.241. The molecule has 7 heteroatoms. The molecule has 1 aromatic heterocycles. The van der Waals surface area contributed by atoms with Crippen LogP contribution in [0.3, 0.4) is 0 Å². The van der Waals surface area contributed by atoms with Crippen LogP contribution in [-0.2, 0) is 7.05 Å². The van der Waals surface area contributed by atoms with Crippen molar-refractivity contribution in [2.24, 2.45) is 7.05 Å². The van der Waals surface area contributed by atoms with E-state index in [1.165, 1.54) is 0 Å². The molecule has 0 amide bonds. The lowest BCUT2D eigenvalue weighted by Crippen LogP contribution is -2.39. The Hall–Kier alpha value is -1.08. The molecular weight excluding hydrogens is 312 g/mol. The van der Waals surface area contributed by atoms with E-state index in [1.807, 2.05) is 14.1 Å². The monoisotopic (exact) mass is 330 g/mol. The molecule has 0 radical (unpaired) electrons. The molecule has 2 rings (SSSR count). The van der Waals surface area contributed by atoms with Gasteiger partial charge in [-0.25, -0.2) is 4.79 Å². The summed E-state index contributed by atoms with van der Waals surface area (Å²) in [6, 6.07) is 0.343. The van der Waals surface area contributed by atoms with Gasteiger partial charge in [-0.3, -0.25) is 4.68 Å². The third-order valence-corrected chi connectivity index (χ3v) is 3.97. The van der Waals surface area contributed by atoms with Gasteiger partial charge in [0.15, 0.2) is 0 Å². The Kier molecular flexibility index (Phi) is 4.15. The van der Waals surface area contributed by atoms with Crippen molar-refractivity contribution < 1.29 is 9.90 Å². The highest BCUT2D eigenvalue weighted by Crippen LogP contribution is 2.32. The van der Waals surface area contributed by atoms with Gasteiger partial charge in [-0.1, -0.05) is 0 Å². The second kappa shape index (κ2) is 5.50. The van der Waals surface area contributed by atoms with Gasteiger partial charge in [-0.05, 0) is 42.9 Å². The van der Waals surface area contributed by atoms with E-state index < -0.39 is 5.97 Å². The minimum Gasteiger partial charge on any atom is -0.477 e. The number of hydrogen-bond donors (Lipinski definition) is 1. The normalized spacial score (nSPS) is 19.4. The molecule has 19 heavy (non-hydrogen) atoms. The Balaban J connectivity index is 2.37. The van der Waals surface area contributed by atoms with E-state index in [-0.39, 0.29) is 5.56 Å². The molecule has 1 aliphatic rings. The number of carbonyl (C=O) groups is 1. The predicted octanol–water partition coefficient (Wildman–Crippen LogP) is 1.41. The number of rotatable bonds is 4. The van der Waals surface area contributed by atoms with Gasteiger partial charge in [-0.2, -0.15) is 5.10 Å². The van der Waals surface area contributed by atoms with E-state index in [9.17, 15) is 9.90 Å². The lowest BCUT2D eigenvalue weighted by atomic mass is 10.2. The van der Waals surface area contributed by atoms with E-state index in [1.54, 1.807) is 11.7 Å². The fraction of sp³-hybridized carbons (Fsp3) is 0.667. The van der Waals surface area contributed by atoms with Crippen LogP contribution in [0.2, 0.25) is 0 Å². The van der Waals surface area contributed by atoms with Crippen LogP contribution in [-0.4, -0.2) is 59.0 Å². The predicted molar refractivity (Wildman–Crippen MR) is 76.8 cm³/mol. The van der Waals surface area contributed by atoms with Crippen LogP contribution in [0.1, 0.15) is 23.2 Å². The summed E-state index contributed by atoms with van der Waals surface area (Å²) in [7, 11) is 5.86. The number of aromatic carboxylic acids is 1. The Morgan fingerprint density at radius 3 is 2.84 bits per heavy atom. The molecule has 1 unspecified atom stereocenters. The first-order valence-electron chi connectivity index (χ1n) is 6.29. The summed E-state index contributed by atoms with van der Waals surface area (Å²) in [6.45, 7) is 1.80. The molecule has 1 aliphatic heterocycles. The summed E-state index contributed by atoms with van der Waals surface area (Å²) in [5.41, 5.74) is 0.258. The van der Waals surface area contributed by atoms with Crippen molar-refractivity contribution in [1.29, 1.82) is 0 Å². The lowest BCUT2D eigenvalue weighted by molar-refractivity contribution is 0.0696. The molecule has 0 aliphatic carbocycles. The zero-order valence-corrected chi connectivity index (χ0v) is 13.0. The summed E-state index contributed by atoms with van der Waals surface area (Å²) in [4.78, 5) is 15.7. The average Bonchev–Trinajstić information content (AvgIpc) is 2.81. The van der Waals surface area contributed by atoms with Crippen molar-refractivity contribution in [2.45, 2.75) is 18.9 Å². The highest BCUT2D eigenvalue weighted by Gasteiger charge is 2.32. The summed E-state index contributed by atoms with van der Waals surface area (Å²) in [5, 5.41) is 13.6. The van der Waals surface area contributed by atoms with Gasteiger partial charge >= 0.3 is 5.97 Å².